The number of imidazole rings is 1. The third-order valence-electron chi connectivity index (χ3n) is 3.51. The van der Waals surface area contributed by atoms with Gasteiger partial charge in [-0.25, -0.2) is 4.98 Å². The van der Waals surface area contributed by atoms with Crippen molar-refractivity contribution in [3.8, 4) is 0 Å². The van der Waals surface area contributed by atoms with Crippen LogP contribution in [0.5, 0.6) is 0 Å². The Labute approximate surface area is 115 Å². The molecule has 0 saturated carbocycles. The Morgan fingerprint density at radius 2 is 2.05 bits per heavy atom. The van der Waals surface area contributed by atoms with Crippen molar-refractivity contribution in [2.45, 2.75) is 39.8 Å². The largest absolute Gasteiger partial charge is 0.333 e. The monoisotopic (exact) mass is 257 g/mol. The molecule has 0 bridgehead atoms. The number of aryl methyl sites for hydroxylation is 2. The van der Waals surface area contributed by atoms with Gasteiger partial charge in [-0.2, -0.15) is 0 Å². The van der Waals surface area contributed by atoms with E-state index < -0.39 is 0 Å². The van der Waals surface area contributed by atoms with E-state index in [9.17, 15) is 0 Å². The van der Waals surface area contributed by atoms with Crippen molar-refractivity contribution in [1.29, 1.82) is 0 Å². The maximum Gasteiger partial charge on any atom is 0.105 e. The summed E-state index contributed by atoms with van der Waals surface area (Å²) in [6.07, 6.45) is 5.06. The molecule has 1 aromatic carbocycles. The van der Waals surface area contributed by atoms with Gasteiger partial charge in [-0.3, -0.25) is 0 Å². The highest BCUT2D eigenvalue weighted by Crippen LogP contribution is 2.19. The predicted molar refractivity (Wildman–Crippen MR) is 79.2 cm³/mol. The van der Waals surface area contributed by atoms with Crippen molar-refractivity contribution in [3.63, 3.8) is 0 Å². The van der Waals surface area contributed by atoms with E-state index >= 15 is 0 Å². The van der Waals surface area contributed by atoms with E-state index in [0.717, 1.165) is 25.3 Å². The van der Waals surface area contributed by atoms with Crippen molar-refractivity contribution in [1.82, 2.24) is 14.9 Å². The number of rotatable bonds is 6. The molecule has 0 spiro atoms. The van der Waals surface area contributed by atoms with Gasteiger partial charge in [0.2, 0.25) is 0 Å². The van der Waals surface area contributed by atoms with E-state index in [1.54, 1.807) is 0 Å². The van der Waals surface area contributed by atoms with Crippen LogP contribution in [0.25, 0.3) is 0 Å². The molecule has 1 heterocycles. The molecule has 0 aliphatic rings. The van der Waals surface area contributed by atoms with Gasteiger partial charge in [-0.05, 0) is 37.9 Å². The fourth-order valence-electron chi connectivity index (χ4n) is 2.36. The second kappa shape index (κ2) is 6.53. The summed E-state index contributed by atoms with van der Waals surface area (Å²) in [5.41, 5.74) is 2.72. The van der Waals surface area contributed by atoms with Crippen LogP contribution in [-0.2, 0) is 6.54 Å². The molecule has 0 aliphatic heterocycles. The second-order valence-electron chi connectivity index (χ2n) is 4.99. The molecule has 102 valence electrons. The van der Waals surface area contributed by atoms with Gasteiger partial charge in [0, 0.05) is 18.9 Å². The Morgan fingerprint density at radius 1 is 1.26 bits per heavy atom. The molecule has 0 fully saturated rings. The molecule has 0 radical (unpaired) electrons. The van der Waals surface area contributed by atoms with Crippen molar-refractivity contribution in [3.05, 3.63) is 53.6 Å². The Kier molecular flexibility index (Phi) is 4.74. The molecule has 3 heteroatoms. The van der Waals surface area contributed by atoms with Crippen LogP contribution in [-0.4, -0.2) is 16.1 Å². The van der Waals surface area contributed by atoms with Gasteiger partial charge in [0.1, 0.15) is 5.82 Å². The van der Waals surface area contributed by atoms with E-state index in [-0.39, 0.29) is 0 Å². The Balaban J connectivity index is 2.21. The topological polar surface area (TPSA) is 29.9 Å². The molecular formula is C16H23N3. The van der Waals surface area contributed by atoms with Crippen molar-refractivity contribution in [2.75, 3.05) is 6.54 Å². The summed E-state index contributed by atoms with van der Waals surface area (Å²) < 4.78 is 2.21. The van der Waals surface area contributed by atoms with Gasteiger partial charge in [0.25, 0.3) is 0 Å². The summed E-state index contributed by atoms with van der Waals surface area (Å²) in [7, 11) is 0. The van der Waals surface area contributed by atoms with Crippen LogP contribution in [0.2, 0.25) is 0 Å². The minimum atomic E-state index is 0.342. The summed E-state index contributed by atoms with van der Waals surface area (Å²) in [6, 6.07) is 8.95. The second-order valence-corrected chi connectivity index (χ2v) is 4.99. The highest BCUT2D eigenvalue weighted by Gasteiger charge is 2.14. The number of aromatic nitrogens is 2. The van der Waals surface area contributed by atoms with Gasteiger partial charge in [-0.1, -0.05) is 31.2 Å². The first-order valence-corrected chi connectivity index (χ1v) is 6.99. The zero-order chi connectivity index (χ0) is 13.7. The third-order valence-corrected chi connectivity index (χ3v) is 3.51. The minimum absolute atomic E-state index is 0.342. The standard InChI is InChI=1S/C16H23N3/c1-4-9-18-16(12-19-11-10-17-14(19)3)15-8-6-5-7-13(15)2/h5-8,10-11,16,18H,4,9,12H2,1-3H3. The molecule has 0 amide bonds. The zero-order valence-corrected chi connectivity index (χ0v) is 12.1. The van der Waals surface area contributed by atoms with E-state index in [0.29, 0.717) is 6.04 Å². The smallest absolute Gasteiger partial charge is 0.105 e. The van der Waals surface area contributed by atoms with Crippen LogP contribution in [0.3, 0.4) is 0 Å². The molecule has 1 unspecified atom stereocenters. The number of nitrogens with one attached hydrogen (secondary N) is 1. The molecule has 1 aromatic heterocycles. The van der Waals surface area contributed by atoms with Crippen molar-refractivity contribution in [2.24, 2.45) is 0 Å². The molecule has 19 heavy (non-hydrogen) atoms. The minimum Gasteiger partial charge on any atom is -0.333 e. The van der Waals surface area contributed by atoms with Crippen LogP contribution in [0, 0.1) is 13.8 Å². The summed E-state index contributed by atoms with van der Waals surface area (Å²) in [5.74, 6) is 1.07. The molecule has 1 atom stereocenters. The normalized spacial score (nSPS) is 12.6. The number of hydrogen-bond donors (Lipinski definition) is 1. The third kappa shape index (κ3) is 3.44. The van der Waals surface area contributed by atoms with Crippen LogP contribution in [0.1, 0.15) is 36.3 Å². The SMILES string of the molecule is CCCNC(Cn1ccnc1C)c1ccccc1C. The lowest BCUT2D eigenvalue weighted by Crippen LogP contribution is -2.27. The van der Waals surface area contributed by atoms with E-state index in [1.807, 2.05) is 12.4 Å². The van der Waals surface area contributed by atoms with E-state index in [4.69, 9.17) is 0 Å². The number of nitrogens with zero attached hydrogens (tertiary/aromatic N) is 2. The summed E-state index contributed by atoms with van der Waals surface area (Å²) in [6.45, 7) is 8.39. The summed E-state index contributed by atoms with van der Waals surface area (Å²) in [5, 5.41) is 3.64. The Morgan fingerprint density at radius 3 is 2.68 bits per heavy atom. The van der Waals surface area contributed by atoms with Gasteiger partial charge in [-0.15, -0.1) is 0 Å². The highest BCUT2D eigenvalue weighted by atomic mass is 15.1. The van der Waals surface area contributed by atoms with Crippen molar-refractivity contribution < 1.29 is 0 Å². The average Bonchev–Trinajstić information content (AvgIpc) is 2.81. The average molecular weight is 257 g/mol. The predicted octanol–water partition coefficient (Wildman–Crippen LogP) is 3.24. The van der Waals surface area contributed by atoms with Crippen LogP contribution >= 0.6 is 0 Å². The first kappa shape index (κ1) is 13.8. The molecule has 1 N–H and O–H groups in total. The van der Waals surface area contributed by atoms with E-state index in [2.05, 4.69) is 59.9 Å². The number of hydrogen-bond acceptors (Lipinski definition) is 2. The molecule has 0 saturated heterocycles. The molecule has 2 aromatic rings. The molecular weight excluding hydrogens is 234 g/mol. The first-order valence-electron chi connectivity index (χ1n) is 6.99. The molecule has 3 nitrogen and oxygen atoms in total. The molecule has 2 rings (SSSR count). The van der Waals surface area contributed by atoms with Crippen LogP contribution < -0.4 is 5.32 Å². The van der Waals surface area contributed by atoms with Crippen LogP contribution in [0.4, 0.5) is 0 Å². The summed E-state index contributed by atoms with van der Waals surface area (Å²) in [4.78, 5) is 4.30. The van der Waals surface area contributed by atoms with E-state index in [1.165, 1.54) is 11.1 Å². The van der Waals surface area contributed by atoms with Gasteiger partial charge < -0.3 is 9.88 Å². The molecule has 0 aliphatic carbocycles. The van der Waals surface area contributed by atoms with Gasteiger partial charge in [0.15, 0.2) is 0 Å². The van der Waals surface area contributed by atoms with Crippen LogP contribution in [0.15, 0.2) is 36.7 Å². The Bertz CT molecular complexity index is 516. The van der Waals surface area contributed by atoms with Gasteiger partial charge in [0.05, 0.1) is 6.04 Å². The quantitative estimate of drug-likeness (QED) is 0.861. The fourth-order valence-corrected chi connectivity index (χ4v) is 2.36. The first-order chi connectivity index (χ1) is 9.22. The van der Waals surface area contributed by atoms with Gasteiger partial charge >= 0.3 is 0 Å². The maximum absolute atomic E-state index is 4.30. The fraction of sp³-hybridized carbons (Fsp3) is 0.438. The number of benzene rings is 1. The zero-order valence-electron chi connectivity index (χ0n) is 12.1. The Hall–Kier alpha value is -1.61. The maximum atomic E-state index is 4.30. The lowest BCUT2D eigenvalue weighted by molar-refractivity contribution is 0.456. The highest BCUT2D eigenvalue weighted by molar-refractivity contribution is 5.28. The van der Waals surface area contributed by atoms with Crippen molar-refractivity contribution >= 4 is 0 Å². The lowest BCUT2D eigenvalue weighted by atomic mass is 10.0. The lowest BCUT2D eigenvalue weighted by Gasteiger charge is -2.22. The summed E-state index contributed by atoms with van der Waals surface area (Å²) >= 11 is 0.